The highest BCUT2D eigenvalue weighted by atomic mass is 16.5. The fourth-order valence-corrected chi connectivity index (χ4v) is 6.86. The van der Waals surface area contributed by atoms with Crippen LogP contribution in [0.15, 0.2) is 48.6 Å². The lowest BCUT2D eigenvalue weighted by atomic mass is 10.0. The molecular weight excluding hydrogens is 683 g/mol. The summed E-state index contributed by atoms with van der Waals surface area (Å²) in [5.41, 5.74) is 0. The number of aliphatic hydroxyl groups is 2. The number of nitrogens with one attached hydrogen (secondary N) is 1. The molecule has 6 nitrogen and oxygen atoms in total. The van der Waals surface area contributed by atoms with E-state index in [1.165, 1.54) is 96.3 Å². The van der Waals surface area contributed by atoms with Crippen molar-refractivity contribution >= 4 is 11.9 Å². The van der Waals surface area contributed by atoms with Gasteiger partial charge in [0, 0.05) is 6.42 Å². The summed E-state index contributed by atoms with van der Waals surface area (Å²) in [4.78, 5) is 26.0. The smallest absolute Gasteiger partial charge is 0.306 e. The molecule has 0 saturated carbocycles. The van der Waals surface area contributed by atoms with Gasteiger partial charge in [-0.2, -0.15) is 0 Å². The van der Waals surface area contributed by atoms with Crippen LogP contribution in [0.25, 0.3) is 0 Å². The van der Waals surface area contributed by atoms with E-state index in [1.807, 2.05) is 0 Å². The van der Waals surface area contributed by atoms with Crippen LogP contribution in [-0.2, 0) is 14.3 Å². The molecule has 0 aliphatic rings. The molecule has 0 aromatic carbocycles. The van der Waals surface area contributed by atoms with Gasteiger partial charge in [-0.15, -0.1) is 0 Å². The average molecular weight is 772 g/mol. The highest BCUT2D eigenvalue weighted by Crippen LogP contribution is 2.16. The van der Waals surface area contributed by atoms with E-state index in [0.29, 0.717) is 19.3 Å². The Morgan fingerprint density at radius 3 is 1.55 bits per heavy atom. The van der Waals surface area contributed by atoms with Crippen LogP contribution in [0.3, 0.4) is 0 Å². The molecule has 0 aromatic rings. The van der Waals surface area contributed by atoms with Crippen molar-refractivity contribution in [3.05, 3.63) is 48.6 Å². The molecule has 0 aliphatic carbocycles. The Hall–Kier alpha value is -2.18. The van der Waals surface area contributed by atoms with Gasteiger partial charge in [-0.1, -0.05) is 185 Å². The van der Waals surface area contributed by atoms with E-state index >= 15 is 0 Å². The topological polar surface area (TPSA) is 95.9 Å². The Labute approximate surface area is 340 Å². The molecule has 0 radical (unpaired) electrons. The Morgan fingerprint density at radius 2 is 1.00 bits per heavy atom. The summed E-state index contributed by atoms with van der Waals surface area (Å²) >= 11 is 0. The van der Waals surface area contributed by atoms with E-state index in [1.54, 1.807) is 0 Å². The molecule has 1 amide bonds. The average Bonchev–Trinajstić information content (AvgIpc) is 3.18. The van der Waals surface area contributed by atoms with Gasteiger partial charge in [0.1, 0.15) is 6.10 Å². The molecule has 0 rings (SSSR count). The standard InChI is InChI=1S/C49H89NO5/c1-4-7-10-13-16-19-21-22-23-24-25-27-30-33-36-39-42-49(54)55-45(40-37-34-31-29-26-20-17-14-11-8-5-2)43-48(53)50-46(44-51)47(52)41-38-35-32-28-18-15-12-9-6-3/h7,10,16,19,22-23,29,31,45-47,51-52H,4-6,8-9,11-15,17-18,20-21,24-28,30,32-44H2,1-3H3,(H,50,53)/b10-7+,19-16+,23-22+,31-29-. The number of amides is 1. The highest BCUT2D eigenvalue weighted by Gasteiger charge is 2.24. The minimum Gasteiger partial charge on any atom is -0.462 e. The predicted octanol–water partition coefficient (Wildman–Crippen LogP) is 13.5. The summed E-state index contributed by atoms with van der Waals surface area (Å²) < 4.78 is 5.88. The summed E-state index contributed by atoms with van der Waals surface area (Å²) in [7, 11) is 0. The number of ether oxygens (including phenoxy) is 1. The number of hydrogen-bond acceptors (Lipinski definition) is 5. The second-order valence-corrected chi connectivity index (χ2v) is 15.8. The Bertz CT molecular complexity index is 957. The number of allylic oxidation sites excluding steroid dienone is 8. The van der Waals surface area contributed by atoms with Gasteiger partial charge in [-0.05, 0) is 77.0 Å². The number of unbranched alkanes of at least 4 members (excludes halogenated alkanes) is 21. The molecule has 3 atom stereocenters. The van der Waals surface area contributed by atoms with Crippen molar-refractivity contribution in [1.82, 2.24) is 5.32 Å². The summed E-state index contributed by atoms with van der Waals surface area (Å²) in [6.45, 7) is 6.32. The highest BCUT2D eigenvalue weighted by molar-refractivity contribution is 5.77. The summed E-state index contributed by atoms with van der Waals surface area (Å²) in [6.07, 6.45) is 50.3. The molecular formula is C49H89NO5. The van der Waals surface area contributed by atoms with Crippen LogP contribution in [0.4, 0.5) is 0 Å². The third kappa shape index (κ3) is 38.5. The molecule has 3 unspecified atom stereocenters. The number of carbonyl (C=O) groups is 2. The lowest BCUT2D eigenvalue weighted by molar-refractivity contribution is -0.151. The first-order valence-corrected chi connectivity index (χ1v) is 23.4. The van der Waals surface area contributed by atoms with Crippen LogP contribution in [0.1, 0.15) is 226 Å². The van der Waals surface area contributed by atoms with Crippen molar-refractivity contribution in [1.29, 1.82) is 0 Å². The minimum atomic E-state index is -0.793. The molecule has 0 saturated heterocycles. The first-order valence-electron chi connectivity index (χ1n) is 23.4. The number of aliphatic hydroxyl groups excluding tert-OH is 2. The van der Waals surface area contributed by atoms with Gasteiger partial charge in [0.15, 0.2) is 0 Å². The molecule has 0 aromatic heterocycles. The second kappa shape index (κ2) is 43.0. The van der Waals surface area contributed by atoms with E-state index < -0.39 is 18.2 Å². The van der Waals surface area contributed by atoms with Crippen LogP contribution in [0, 0.1) is 0 Å². The SMILES string of the molecule is CC/C=C/C/C=C/C/C=C/CCCCCCCCC(=O)OC(CCC/C=C\CCCCCCCC)CC(=O)NC(CO)C(O)CCCCCCCCCCC. The van der Waals surface area contributed by atoms with Crippen LogP contribution in [-0.4, -0.2) is 46.9 Å². The lowest BCUT2D eigenvalue weighted by Crippen LogP contribution is -2.46. The zero-order valence-corrected chi connectivity index (χ0v) is 36.3. The third-order valence-corrected chi connectivity index (χ3v) is 10.4. The molecule has 0 aliphatic heterocycles. The van der Waals surface area contributed by atoms with Crippen LogP contribution >= 0.6 is 0 Å². The molecule has 0 fully saturated rings. The van der Waals surface area contributed by atoms with E-state index in [0.717, 1.165) is 83.5 Å². The first kappa shape index (κ1) is 52.8. The molecule has 3 N–H and O–H groups in total. The summed E-state index contributed by atoms with van der Waals surface area (Å²) in [5.74, 6) is -0.520. The minimum absolute atomic E-state index is 0.0511. The summed E-state index contributed by atoms with van der Waals surface area (Å²) in [6, 6.07) is -0.709. The Kier molecular flexibility index (Phi) is 41.2. The lowest BCUT2D eigenvalue weighted by Gasteiger charge is -2.24. The van der Waals surface area contributed by atoms with Crippen molar-refractivity contribution in [2.24, 2.45) is 0 Å². The van der Waals surface area contributed by atoms with E-state index in [9.17, 15) is 19.8 Å². The molecule has 55 heavy (non-hydrogen) atoms. The van der Waals surface area contributed by atoms with Gasteiger partial charge in [-0.3, -0.25) is 9.59 Å². The van der Waals surface area contributed by atoms with Crippen molar-refractivity contribution in [3.8, 4) is 0 Å². The zero-order valence-electron chi connectivity index (χ0n) is 36.3. The van der Waals surface area contributed by atoms with Gasteiger partial charge in [0.25, 0.3) is 0 Å². The van der Waals surface area contributed by atoms with Crippen molar-refractivity contribution in [3.63, 3.8) is 0 Å². The fourth-order valence-electron chi connectivity index (χ4n) is 6.86. The van der Waals surface area contributed by atoms with Crippen LogP contribution in [0.5, 0.6) is 0 Å². The van der Waals surface area contributed by atoms with Gasteiger partial charge >= 0.3 is 5.97 Å². The van der Waals surface area contributed by atoms with E-state index in [-0.39, 0.29) is 24.9 Å². The quantitative estimate of drug-likeness (QED) is 0.0327. The van der Waals surface area contributed by atoms with Crippen LogP contribution < -0.4 is 5.32 Å². The number of carbonyl (C=O) groups excluding carboxylic acids is 2. The molecule has 320 valence electrons. The number of rotatable bonds is 41. The number of esters is 1. The van der Waals surface area contributed by atoms with Crippen LogP contribution in [0.2, 0.25) is 0 Å². The fraction of sp³-hybridized carbons (Fsp3) is 0.796. The zero-order chi connectivity index (χ0) is 40.3. The predicted molar refractivity (Wildman–Crippen MR) is 236 cm³/mol. The molecule has 0 heterocycles. The maximum Gasteiger partial charge on any atom is 0.306 e. The third-order valence-electron chi connectivity index (χ3n) is 10.4. The normalized spacial score (nSPS) is 13.8. The molecule has 0 spiro atoms. The van der Waals surface area contributed by atoms with E-state index in [4.69, 9.17) is 4.74 Å². The Morgan fingerprint density at radius 1 is 0.545 bits per heavy atom. The Balaban J connectivity index is 4.60. The van der Waals surface area contributed by atoms with Gasteiger partial charge in [0.2, 0.25) is 5.91 Å². The first-order chi connectivity index (χ1) is 27.0. The maximum atomic E-state index is 13.1. The van der Waals surface area contributed by atoms with Crippen molar-refractivity contribution in [2.45, 2.75) is 244 Å². The number of hydrogen-bond donors (Lipinski definition) is 3. The van der Waals surface area contributed by atoms with Gasteiger partial charge < -0.3 is 20.3 Å². The van der Waals surface area contributed by atoms with E-state index in [2.05, 4.69) is 74.7 Å². The second-order valence-electron chi connectivity index (χ2n) is 15.8. The van der Waals surface area contributed by atoms with Gasteiger partial charge in [0.05, 0.1) is 25.2 Å². The van der Waals surface area contributed by atoms with Crippen molar-refractivity contribution < 1.29 is 24.5 Å². The maximum absolute atomic E-state index is 13.1. The molecule has 0 bridgehead atoms. The monoisotopic (exact) mass is 772 g/mol. The largest absolute Gasteiger partial charge is 0.462 e. The molecule has 6 heteroatoms. The van der Waals surface area contributed by atoms with Gasteiger partial charge in [-0.25, -0.2) is 0 Å². The van der Waals surface area contributed by atoms with Crippen molar-refractivity contribution in [2.75, 3.05) is 6.61 Å². The summed E-state index contributed by atoms with van der Waals surface area (Å²) in [5, 5.41) is 23.6.